The number of hydrogen-bond donors (Lipinski definition) is 2. The molecular weight excluding hydrogens is 274 g/mol. The van der Waals surface area contributed by atoms with Crippen molar-refractivity contribution >= 4 is 5.97 Å². The molecule has 1 saturated heterocycles. The van der Waals surface area contributed by atoms with Crippen molar-refractivity contribution in [1.29, 1.82) is 0 Å². The maximum Gasteiger partial charge on any atom is 0.322 e. The Kier molecular flexibility index (Phi) is 3.70. The Balaban J connectivity index is 2.15. The summed E-state index contributed by atoms with van der Waals surface area (Å²) in [5, 5.41) is 12.8. The number of terminal acetylenes is 1. The van der Waals surface area contributed by atoms with E-state index in [2.05, 4.69) is 11.2 Å². The van der Waals surface area contributed by atoms with Crippen LogP contribution in [0.5, 0.6) is 0 Å². The molecule has 0 spiro atoms. The topological polar surface area (TPSA) is 49.3 Å². The van der Waals surface area contributed by atoms with Gasteiger partial charge in [-0.15, -0.1) is 12.3 Å². The highest BCUT2D eigenvalue weighted by atomic mass is 16.4. The van der Waals surface area contributed by atoms with Gasteiger partial charge in [0.2, 0.25) is 0 Å². The van der Waals surface area contributed by atoms with Crippen molar-refractivity contribution < 1.29 is 9.90 Å². The lowest BCUT2D eigenvalue weighted by molar-refractivity contribution is -0.139. The van der Waals surface area contributed by atoms with Crippen LogP contribution in [0.3, 0.4) is 0 Å². The summed E-state index contributed by atoms with van der Waals surface area (Å²) >= 11 is 0. The first-order valence-electron chi connectivity index (χ1n) is 7.25. The third-order valence-electron chi connectivity index (χ3n) is 4.34. The van der Waals surface area contributed by atoms with Gasteiger partial charge in [0.05, 0.1) is 5.54 Å². The lowest BCUT2D eigenvalue weighted by Gasteiger charge is -2.31. The number of carboxylic acid groups (broad SMARTS) is 1. The van der Waals surface area contributed by atoms with Crippen LogP contribution in [0.2, 0.25) is 0 Å². The predicted molar refractivity (Wildman–Crippen MR) is 85.2 cm³/mol. The van der Waals surface area contributed by atoms with Crippen molar-refractivity contribution in [1.82, 2.24) is 5.32 Å². The molecule has 0 aliphatic carbocycles. The number of carboxylic acids is 1. The highest BCUT2D eigenvalue weighted by molar-refractivity contribution is 5.76. The summed E-state index contributed by atoms with van der Waals surface area (Å²) in [5.74, 6) is 1.39. The average Bonchev–Trinajstić information content (AvgIpc) is 2.98. The van der Waals surface area contributed by atoms with Gasteiger partial charge in [-0.05, 0) is 17.5 Å². The third kappa shape index (κ3) is 2.28. The van der Waals surface area contributed by atoms with Gasteiger partial charge in [-0.25, -0.2) is 0 Å². The second-order valence-corrected chi connectivity index (χ2v) is 5.57. The normalized spacial score (nSPS) is 22.9. The first-order valence-corrected chi connectivity index (χ1v) is 7.25. The minimum Gasteiger partial charge on any atom is -0.480 e. The number of aliphatic carboxylic acids is 1. The van der Waals surface area contributed by atoms with Gasteiger partial charge in [0, 0.05) is 5.92 Å². The van der Waals surface area contributed by atoms with Crippen LogP contribution in [0, 0.1) is 18.3 Å². The summed E-state index contributed by atoms with van der Waals surface area (Å²) in [7, 11) is 0. The molecule has 2 atom stereocenters. The van der Waals surface area contributed by atoms with Crippen LogP contribution in [-0.4, -0.2) is 17.1 Å². The molecule has 1 aliphatic heterocycles. The third-order valence-corrected chi connectivity index (χ3v) is 4.34. The first kappa shape index (κ1) is 14.4. The molecule has 0 amide bonds. The Morgan fingerprint density at radius 2 is 1.59 bits per heavy atom. The van der Waals surface area contributed by atoms with Crippen LogP contribution >= 0.6 is 0 Å². The van der Waals surface area contributed by atoms with Crippen LogP contribution in [0.1, 0.15) is 17.5 Å². The van der Waals surface area contributed by atoms with E-state index in [4.69, 9.17) is 6.42 Å². The molecule has 2 N–H and O–H groups in total. The summed E-state index contributed by atoms with van der Waals surface area (Å²) in [6.45, 7) is 0. The van der Waals surface area contributed by atoms with Crippen LogP contribution in [0.15, 0.2) is 60.7 Å². The fraction of sp³-hybridized carbons (Fsp3) is 0.211. The molecule has 0 radical (unpaired) electrons. The summed E-state index contributed by atoms with van der Waals surface area (Å²) < 4.78 is 0. The molecule has 2 aromatic rings. The second kappa shape index (κ2) is 5.67. The average molecular weight is 291 g/mol. The number of nitrogens with one attached hydrogen (secondary N) is 1. The highest BCUT2D eigenvalue weighted by Crippen LogP contribution is 2.42. The van der Waals surface area contributed by atoms with Crippen LogP contribution in [0.25, 0.3) is 0 Å². The van der Waals surface area contributed by atoms with Gasteiger partial charge in [0.15, 0.2) is 0 Å². The van der Waals surface area contributed by atoms with E-state index in [1.807, 2.05) is 60.7 Å². The highest BCUT2D eigenvalue weighted by Gasteiger charge is 2.49. The molecule has 22 heavy (non-hydrogen) atoms. The number of benzene rings is 2. The molecule has 0 bridgehead atoms. The van der Waals surface area contributed by atoms with E-state index in [0.29, 0.717) is 6.42 Å². The largest absolute Gasteiger partial charge is 0.480 e. The van der Waals surface area contributed by atoms with Gasteiger partial charge in [0.1, 0.15) is 6.04 Å². The Morgan fingerprint density at radius 3 is 1.95 bits per heavy atom. The van der Waals surface area contributed by atoms with Crippen molar-refractivity contribution in [2.45, 2.75) is 18.0 Å². The second-order valence-electron chi connectivity index (χ2n) is 5.57. The van der Waals surface area contributed by atoms with Crippen molar-refractivity contribution in [2.24, 2.45) is 5.92 Å². The molecule has 1 aliphatic rings. The lowest BCUT2D eigenvalue weighted by atomic mass is 9.79. The predicted octanol–water partition coefficient (Wildman–Crippen LogP) is 2.63. The smallest absolute Gasteiger partial charge is 0.322 e. The molecule has 3 rings (SSSR count). The zero-order valence-electron chi connectivity index (χ0n) is 12.1. The van der Waals surface area contributed by atoms with Crippen molar-refractivity contribution in [2.75, 3.05) is 0 Å². The fourth-order valence-electron chi connectivity index (χ4n) is 3.28. The number of hydrogen-bond acceptors (Lipinski definition) is 2. The standard InChI is InChI=1S/C19H17NO2/c1-2-14-13-19(20-17(14)18(21)22,15-9-5-3-6-10-15)16-11-7-4-8-12-16/h1,3-12,14,17,20H,13H2,(H,21,22). The summed E-state index contributed by atoms with van der Waals surface area (Å²) in [5.41, 5.74) is 1.50. The molecule has 0 saturated carbocycles. The zero-order chi connectivity index (χ0) is 15.6. The van der Waals surface area contributed by atoms with E-state index >= 15 is 0 Å². The Morgan fingerprint density at radius 1 is 1.09 bits per heavy atom. The van der Waals surface area contributed by atoms with Crippen LogP contribution in [0.4, 0.5) is 0 Å². The van der Waals surface area contributed by atoms with E-state index < -0.39 is 17.6 Å². The van der Waals surface area contributed by atoms with Crippen LogP contribution < -0.4 is 5.32 Å². The van der Waals surface area contributed by atoms with Crippen molar-refractivity contribution in [3.8, 4) is 12.3 Å². The molecule has 2 unspecified atom stereocenters. The Bertz CT molecular complexity index is 664. The molecule has 2 aromatic carbocycles. The molecule has 1 heterocycles. The summed E-state index contributed by atoms with van der Waals surface area (Å²) in [4.78, 5) is 11.6. The van der Waals surface area contributed by atoms with E-state index in [-0.39, 0.29) is 5.92 Å². The van der Waals surface area contributed by atoms with Gasteiger partial charge in [-0.3, -0.25) is 10.1 Å². The molecular formula is C19H17NO2. The maximum atomic E-state index is 11.6. The molecule has 3 heteroatoms. The van der Waals surface area contributed by atoms with Gasteiger partial charge >= 0.3 is 5.97 Å². The summed E-state index contributed by atoms with van der Waals surface area (Å²) in [6.07, 6.45) is 6.15. The zero-order valence-corrected chi connectivity index (χ0v) is 12.1. The minimum absolute atomic E-state index is 0.349. The number of rotatable bonds is 3. The van der Waals surface area contributed by atoms with Gasteiger partial charge in [-0.2, -0.15) is 0 Å². The Hall–Kier alpha value is -2.57. The van der Waals surface area contributed by atoms with Crippen LogP contribution in [-0.2, 0) is 10.3 Å². The minimum atomic E-state index is -0.906. The molecule has 0 aromatic heterocycles. The van der Waals surface area contributed by atoms with Crippen molar-refractivity contribution in [3.05, 3.63) is 71.8 Å². The Labute approximate surface area is 130 Å². The SMILES string of the molecule is C#CC1CC(c2ccccc2)(c2ccccc2)NC1C(=O)O. The number of carbonyl (C=O) groups is 1. The molecule has 3 nitrogen and oxygen atoms in total. The lowest BCUT2D eigenvalue weighted by Crippen LogP contribution is -2.45. The first-order chi connectivity index (χ1) is 10.7. The van der Waals surface area contributed by atoms with Gasteiger partial charge in [0.25, 0.3) is 0 Å². The monoisotopic (exact) mass is 291 g/mol. The van der Waals surface area contributed by atoms with E-state index in [0.717, 1.165) is 11.1 Å². The van der Waals surface area contributed by atoms with Crippen molar-refractivity contribution in [3.63, 3.8) is 0 Å². The molecule has 110 valence electrons. The van der Waals surface area contributed by atoms with E-state index in [1.165, 1.54) is 0 Å². The fourth-order valence-corrected chi connectivity index (χ4v) is 3.28. The van der Waals surface area contributed by atoms with E-state index in [9.17, 15) is 9.90 Å². The maximum absolute atomic E-state index is 11.6. The van der Waals surface area contributed by atoms with Gasteiger partial charge in [-0.1, -0.05) is 60.7 Å². The quantitative estimate of drug-likeness (QED) is 0.855. The van der Waals surface area contributed by atoms with Gasteiger partial charge < -0.3 is 5.11 Å². The molecule has 1 fully saturated rings. The van der Waals surface area contributed by atoms with E-state index in [1.54, 1.807) is 0 Å². The summed E-state index contributed by atoms with van der Waals surface area (Å²) in [6, 6.07) is 19.0.